The Balaban J connectivity index is 2.93. The normalized spacial score (nSPS) is 9.62. The largest absolute Gasteiger partial charge is 0.192 e. The SMILES string of the molecule is CCCSc1cccc(Br)c1C#N. The van der Waals surface area contributed by atoms with Crippen molar-refractivity contribution in [2.24, 2.45) is 0 Å². The van der Waals surface area contributed by atoms with Gasteiger partial charge in [-0.2, -0.15) is 5.26 Å². The van der Waals surface area contributed by atoms with Crippen molar-refractivity contribution >= 4 is 27.7 Å². The Morgan fingerprint density at radius 3 is 2.92 bits per heavy atom. The predicted octanol–water partition coefficient (Wildman–Crippen LogP) is 3.82. The molecule has 1 nitrogen and oxygen atoms in total. The number of nitriles is 1. The molecule has 0 atom stereocenters. The molecule has 0 N–H and O–H groups in total. The lowest BCUT2D eigenvalue weighted by atomic mass is 10.2. The summed E-state index contributed by atoms with van der Waals surface area (Å²) in [6, 6.07) is 8.05. The Morgan fingerprint density at radius 2 is 2.31 bits per heavy atom. The maximum absolute atomic E-state index is 8.91. The van der Waals surface area contributed by atoms with E-state index in [-0.39, 0.29) is 0 Å². The van der Waals surface area contributed by atoms with Gasteiger partial charge >= 0.3 is 0 Å². The summed E-state index contributed by atoms with van der Waals surface area (Å²) in [5, 5.41) is 8.91. The van der Waals surface area contributed by atoms with Crippen LogP contribution in [-0.4, -0.2) is 5.75 Å². The van der Waals surface area contributed by atoms with Gasteiger partial charge in [0.15, 0.2) is 0 Å². The van der Waals surface area contributed by atoms with Gasteiger partial charge < -0.3 is 0 Å². The molecule has 0 bridgehead atoms. The van der Waals surface area contributed by atoms with E-state index in [9.17, 15) is 0 Å². The van der Waals surface area contributed by atoms with E-state index in [0.29, 0.717) is 0 Å². The fourth-order valence-electron chi connectivity index (χ4n) is 0.945. The van der Waals surface area contributed by atoms with Crippen molar-refractivity contribution in [2.75, 3.05) is 5.75 Å². The molecule has 0 amide bonds. The quantitative estimate of drug-likeness (QED) is 0.767. The molecule has 1 rings (SSSR count). The molecule has 0 unspecified atom stereocenters. The van der Waals surface area contributed by atoms with Gasteiger partial charge in [-0.25, -0.2) is 0 Å². The van der Waals surface area contributed by atoms with E-state index in [1.165, 1.54) is 0 Å². The molecule has 0 aromatic heterocycles. The predicted molar refractivity (Wildman–Crippen MR) is 59.9 cm³/mol. The van der Waals surface area contributed by atoms with Crippen LogP contribution >= 0.6 is 27.7 Å². The van der Waals surface area contributed by atoms with Gasteiger partial charge in [-0.3, -0.25) is 0 Å². The molecular weight excluding hydrogens is 246 g/mol. The van der Waals surface area contributed by atoms with Crippen LogP contribution < -0.4 is 0 Å². The highest BCUT2D eigenvalue weighted by atomic mass is 79.9. The second kappa shape index (κ2) is 5.31. The van der Waals surface area contributed by atoms with Crippen LogP contribution in [0.4, 0.5) is 0 Å². The zero-order chi connectivity index (χ0) is 9.68. The van der Waals surface area contributed by atoms with Crippen molar-refractivity contribution in [1.29, 1.82) is 5.26 Å². The third kappa shape index (κ3) is 2.75. The smallest absolute Gasteiger partial charge is 0.101 e. The number of benzene rings is 1. The van der Waals surface area contributed by atoms with Gasteiger partial charge in [-0.05, 0) is 40.2 Å². The Morgan fingerprint density at radius 1 is 1.54 bits per heavy atom. The van der Waals surface area contributed by atoms with E-state index in [1.54, 1.807) is 11.8 Å². The Labute approximate surface area is 91.3 Å². The molecule has 0 spiro atoms. The molecule has 13 heavy (non-hydrogen) atoms. The van der Waals surface area contributed by atoms with Crippen molar-refractivity contribution in [1.82, 2.24) is 0 Å². The van der Waals surface area contributed by atoms with Crippen LogP contribution in [0.3, 0.4) is 0 Å². The number of rotatable bonds is 3. The molecule has 0 heterocycles. The van der Waals surface area contributed by atoms with Gasteiger partial charge in [0.1, 0.15) is 6.07 Å². The second-order valence-corrected chi connectivity index (χ2v) is 4.56. The average molecular weight is 256 g/mol. The second-order valence-electron chi connectivity index (χ2n) is 2.57. The number of nitrogens with zero attached hydrogens (tertiary/aromatic N) is 1. The monoisotopic (exact) mass is 255 g/mol. The lowest BCUT2D eigenvalue weighted by Gasteiger charge is -2.03. The van der Waals surface area contributed by atoms with E-state index < -0.39 is 0 Å². The maximum Gasteiger partial charge on any atom is 0.101 e. The maximum atomic E-state index is 8.91. The van der Waals surface area contributed by atoms with Crippen LogP contribution in [-0.2, 0) is 0 Å². The van der Waals surface area contributed by atoms with E-state index in [4.69, 9.17) is 5.26 Å². The summed E-state index contributed by atoms with van der Waals surface area (Å²) in [6.07, 6.45) is 1.13. The topological polar surface area (TPSA) is 23.8 Å². The Hall–Kier alpha value is -0.460. The minimum atomic E-state index is 0.751. The van der Waals surface area contributed by atoms with E-state index in [2.05, 4.69) is 28.9 Å². The number of hydrogen-bond donors (Lipinski definition) is 0. The summed E-state index contributed by atoms with van der Waals surface area (Å²) < 4.78 is 0.885. The molecule has 0 aliphatic rings. The zero-order valence-electron chi connectivity index (χ0n) is 7.38. The van der Waals surface area contributed by atoms with Crippen LogP contribution in [0.1, 0.15) is 18.9 Å². The summed E-state index contributed by atoms with van der Waals surface area (Å²) in [5.41, 5.74) is 0.751. The minimum absolute atomic E-state index is 0.751. The lowest BCUT2D eigenvalue weighted by Crippen LogP contribution is -1.84. The standard InChI is InChI=1S/C10H10BrNS/c1-2-6-13-10-5-3-4-9(11)8(10)7-12/h3-5H,2,6H2,1H3. The fraction of sp³-hybridized carbons (Fsp3) is 0.300. The van der Waals surface area contributed by atoms with E-state index in [0.717, 1.165) is 27.1 Å². The van der Waals surface area contributed by atoms with Crippen molar-refractivity contribution in [3.8, 4) is 6.07 Å². The number of halogens is 1. The average Bonchev–Trinajstić information content (AvgIpc) is 2.15. The summed E-state index contributed by atoms with van der Waals surface area (Å²) in [4.78, 5) is 1.07. The van der Waals surface area contributed by atoms with Crippen molar-refractivity contribution in [3.63, 3.8) is 0 Å². The first-order chi connectivity index (χ1) is 6.29. The molecule has 0 aliphatic heterocycles. The van der Waals surface area contributed by atoms with Gasteiger partial charge in [-0.1, -0.05) is 13.0 Å². The van der Waals surface area contributed by atoms with Crippen LogP contribution in [0.5, 0.6) is 0 Å². The van der Waals surface area contributed by atoms with Gasteiger partial charge in [0.2, 0.25) is 0 Å². The minimum Gasteiger partial charge on any atom is -0.192 e. The molecule has 68 valence electrons. The third-order valence-corrected chi connectivity index (χ3v) is 3.47. The fourth-order valence-corrected chi connectivity index (χ4v) is 2.43. The summed E-state index contributed by atoms with van der Waals surface area (Å²) in [5.74, 6) is 1.06. The molecule has 0 radical (unpaired) electrons. The summed E-state index contributed by atoms with van der Waals surface area (Å²) in [7, 11) is 0. The van der Waals surface area contributed by atoms with Gasteiger partial charge in [0.25, 0.3) is 0 Å². The summed E-state index contributed by atoms with van der Waals surface area (Å²) in [6.45, 7) is 2.14. The first-order valence-corrected chi connectivity index (χ1v) is 5.89. The lowest BCUT2D eigenvalue weighted by molar-refractivity contribution is 1.10. The Kier molecular flexibility index (Phi) is 4.34. The molecule has 0 saturated heterocycles. The molecule has 0 saturated carbocycles. The molecule has 1 aromatic carbocycles. The van der Waals surface area contributed by atoms with Crippen molar-refractivity contribution in [3.05, 3.63) is 28.2 Å². The van der Waals surface area contributed by atoms with Crippen LogP contribution in [0.25, 0.3) is 0 Å². The highest BCUT2D eigenvalue weighted by molar-refractivity contribution is 9.10. The van der Waals surface area contributed by atoms with Crippen molar-refractivity contribution < 1.29 is 0 Å². The van der Waals surface area contributed by atoms with Gasteiger partial charge in [-0.15, -0.1) is 11.8 Å². The molecule has 3 heteroatoms. The zero-order valence-corrected chi connectivity index (χ0v) is 9.78. The van der Waals surface area contributed by atoms with Gasteiger partial charge in [0, 0.05) is 9.37 Å². The van der Waals surface area contributed by atoms with E-state index in [1.807, 2.05) is 18.2 Å². The van der Waals surface area contributed by atoms with Crippen LogP contribution in [0.2, 0.25) is 0 Å². The molecule has 1 aromatic rings. The van der Waals surface area contributed by atoms with Gasteiger partial charge in [0.05, 0.1) is 5.56 Å². The van der Waals surface area contributed by atoms with E-state index >= 15 is 0 Å². The number of hydrogen-bond acceptors (Lipinski definition) is 2. The van der Waals surface area contributed by atoms with Crippen LogP contribution in [0.15, 0.2) is 27.6 Å². The Bertz CT molecular complexity index is 330. The molecular formula is C10H10BrNS. The first-order valence-electron chi connectivity index (χ1n) is 4.11. The highest BCUT2D eigenvalue weighted by Gasteiger charge is 2.04. The highest BCUT2D eigenvalue weighted by Crippen LogP contribution is 2.28. The molecule has 0 aliphatic carbocycles. The summed E-state index contributed by atoms with van der Waals surface area (Å²) >= 11 is 5.10. The molecule has 0 fully saturated rings. The van der Waals surface area contributed by atoms with Crippen molar-refractivity contribution in [2.45, 2.75) is 18.2 Å². The first kappa shape index (κ1) is 10.6. The van der Waals surface area contributed by atoms with Crippen LogP contribution in [0, 0.1) is 11.3 Å². The third-order valence-electron chi connectivity index (χ3n) is 1.55. The number of thioether (sulfide) groups is 1.